The molecule has 8 heteroatoms. The normalized spacial score (nSPS) is 10.6. The molecular formula is C22H24N6OS. The minimum absolute atomic E-state index is 0.0667. The minimum atomic E-state index is -0.0667. The van der Waals surface area contributed by atoms with Crippen LogP contribution in [-0.4, -0.2) is 38.2 Å². The number of amides is 1. The zero-order valence-electron chi connectivity index (χ0n) is 17.6. The summed E-state index contributed by atoms with van der Waals surface area (Å²) < 4.78 is 1.74. The molecule has 0 fully saturated rings. The highest BCUT2D eigenvalue weighted by Gasteiger charge is 2.17. The third-order valence-corrected chi connectivity index (χ3v) is 5.65. The molecule has 0 aliphatic carbocycles. The Bertz CT molecular complexity index is 1080. The Morgan fingerprint density at radius 1 is 1.10 bits per heavy atom. The molecule has 0 spiro atoms. The van der Waals surface area contributed by atoms with Crippen LogP contribution < -0.4 is 4.90 Å². The van der Waals surface area contributed by atoms with Crippen molar-refractivity contribution in [3.63, 3.8) is 0 Å². The van der Waals surface area contributed by atoms with Gasteiger partial charge in [-0.25, -0.2) is 4.68 Å². The van der Waals surface area contributed by atoms with Gasteiger partial charge in [0.05, 0.1) is 23.9 Å². The Kier molecular flexibility index (Phi) is 6.85. The van der Waals surface area contributed by atoms with E-state index >= 15 is 0 Å². The van der Waals surface area contributed by atoms with Gasteiger partial charge in [-0.1, -0.05) is 17.8 Å². The van der Waals surface area contributed by atoms with Crippen molar-refractivity contribution in [2.75, 3.05) is 17.2 Å². The summed E-state index contributed by atoms with van der Waals surface area (Å²) in [5.41, 5.74) is 4.99. The van der Waals surface area contributed by atoms with Gasteiger partial charge in [0.1, 0.15) is 5.03 Å². The zero-order chi connectivity index (χ0) is 21.7. The van der Waals surface area contributed by atoms with Crippen LogP contribution in [0, 0.1) is 39.0 Å². The van der Waals surface area contributed by atoms with Gasteiger partial charge in [-0.2, -0.15) is 10.4 Å². The van der Waals surface area contributed by atoms with Crippen LogP contribution in [0.5, 0.6) is 0 Å². The van der Waals surface area contributed by atoms with Gasteiger partial charge in [-0.05, 0) is 69.2 Å². The number of anilines is 1. The summed E-state index contributed by atoms with van der Waals surface area (Å²) in [5.74, 6) is 0.789. The molecule has 0 saturated heterocycles. The van der Waals surface area contributed by atoms with Gasteiger partial charge < -0.3 is 4.90 Å². The minimum Gasteiger partial charge on any atom is -0.311 e. The van der Waals surface area contributed by atoms with Gasteiger partial charge in [-0.3, -0.25) is 4.79 Å². The first-order valence-corrected chi connectivity index (χ1v) is 10.6. The molecule has 3 aromatic rings. The van der Waals surface area contributed by atoms with E-state index in [9.17, 15) is 4.79 Å². The van der Waals surface area contributed by atoms with E-state index in [-0.39, 0.29) is 18.1 Å². The van der Waals surface area contributed by atoms with Crippen LogP contribution in [0.4, 0.5) is 5.69 Å². The zero-order valence-corrected chi connectivity index (χ0v) is 18.4. The number of benzene rings is 1. The molecule has 0 aliphatic heterocycles. The molecule has 0 N–H and O–H groups in total. The summed E-state index contributed by atoms with van der Waals surface area (Å²) in [6, 6.07) is 13.7. The first kappa shape index (κ1) is 21.5. The van der Waals surface area contributed by atoms with E-state index in [1.807, 2.05) is 64.1 Å². The molecular weight excluding hydrogens is 396 g/mol. The number of aryl methyl sites for hydroxylation is 4. The number of rotatable bonds is 7. The van der Waals surface area contributed by atoms with Crippen LogP contribution in [-0.2, 0) is 4.79 Å². The Morgan fingerprint density at radius 2 is 1.90 bits per heavy atom. The number of thioether (sulfide) groups is 1. The highest BCUT2D eigenvalue weighted by molar-refractivity contribution is 7.99. The second kappa shape index (κ2) is 9.55. The summed E-state index contributed by atoms with van der Waals surface area (Å²) in [5, 5.41) is 22.5. The smallest absolute Gasteiger partial charge is 0.237 e. The molecule has 154 valence electrons. The van der Waals surface area contributed by atoms with Crippen molar-refractivity contribution in [1.82, 2.24) is 20.0 Å². The second-order valence-electron chi connectivity index (χ2n) is 7.08. The van der Waals surface area contributed by atoms with Crippen LogP contribution in [0.1, 0.15) is 28.9 Å². The molecule has 0 aliphatic rings. The van der Waals surface area contributed by atoms with Gasteiger partial charge in [0, 0.05) is 17.9 Å². The standard InChI is InChI=1S/C22H24N6OS/c1-15-6-7-19(12-16(15)2)27(11-5-10-23)22(29)14-30-21-9-8-20(24-25-21)28-18(4)13-17(3)26-28/h6-9,12-13H,5,11,14H2,1-4H3. The topological polar surface area (TPSA) is 87.7 Å². The maximum Gasteiger partial charge on any atom is 0.237 e. The van der Waals surface area contributed by atoms with Crippen molar-refractivity contribution in [2.24, 2.45) is 0 Å². The molecule has 2 heterocycles. The number of hydrogen-bond acceptors (Lipinski definition) is 6. The van der Waals surface area contributed by atoms with E-state index in [4.69, 9.17) is 5.26 Å². The molecule has 0 unspecified atom stereocenters. The second-order valence-corrected chi connectivity index (χ2v) is 8.08. The first-order valence-electron chi connectivity index (χ1n) is 9.64. The molecule has 0 radical (unpaired) electrons. The van der Waals surface area contributed by atoms with Crippen molar-refractivity contribution in [3.05, 3.63) is 58.9 Å². The van der Waals surface area contributed by atoms with E-state index in [0.29, 0.717) is 17.4 Å². The van der Waals surface area contributed by atoms with E-state index in [1.165, 1.54) is 17.3 Å². The fraction of sp³-hybridized carbons (Fsp3) is 0.318. The molecule has 0 bridgehead atoms. The van der Waals surface area contributed by atoms with E-state index in [1.54, 1.807) is 9.58 Å². The summed E-state index contributed by atoms with van der Waals surface area (Å²) >= 11 is 1.33. The third-order valence-electron chi connectivity index (χ3n) is 4.75. The number of aromatic nitrogens is 4. The maximum atomic E-state index is 12.9. The van der Waals surface area contributed by atoms with Crippen molar-refractivity contribution < 1.29 is 4.79 Å². The summed E-state index contributed by atoms with van der Waals surface area (Å²) in [7, 11) is 0. The van der Waals surface area contributed by atoms with Gasteiger partial charge in [0.2, 0.25) is 5.91 Å². The molecule has 0 atom stereocenters. The van der Waals surface area contributed by atoms with Crippen molar-refractivity contribution in [1.29, 1.82) is 5.26 Å². The quantitative estimate of drug-likeness (QED) is 0.538. The number of carbonyl (C=O) groups excluding carboxylic acids is 1. The SMILES string of the molecule is Cc1cc(C)n(-c2ccc(SCC(=O)N(CCC#N)c3ccc(C)c(C)c3)nn2)n1. The number of nitriles is 1. The molecule has 3 rings (SSSR count). The first-order chi connectivity index (χ1) is 14.4. The predicted molar refractivity (Wildman–Crippen MR) is 118 cm³/mol. The molecule has 1 amide bonds. The van der Waals surface area contributed by atoms with E-state index in [2.05, 4.69) is 21.4 Å². The fourth-order valence-electron chi connectivity index (χ4n) is 3.03. The van der Waals surface area contributed by atoms with Crippen molar-refractivity contribution in [2.45, 2.75) is 39.1 Å². The lowest BCUT2D eigenvalue weighted by Gasteiger charge is -2.22. The average Bonchev–Trinajstić information content (AvgIpc) is 3.07. The predicted octanol–water partition coefficient (Wildman–Crippen LogP) is 3.93. The Balaban J connectivity index is 1.69. The Morgan fingerprint density at radius 3 is 2.50 bits per heavy atom. The largest absolute Gasteiger partial charge is 0.311 e. The lowest BCUT2D eigenvalue weighted by atomic mass is 10.1. The highest BCUT2D eigenvalue weighted by atomic mass is 32.2. The molecule has 30 heavy (non-hydrogen) atoms. The third kappa shape index (κ3) is 5.05. The summed E-state index contributed by atoms with van der Waals surface area (Å²) in [4.78, 5) is 14.6. The van der Waals surface area contributed by atoms with Gasteiger partial charge in [0.25, 0.3) is 0 Å². The van der Waals surface area contributed by atoms with Crippen LogP contribution in [0.15, 0.2) is 41.4 Å². The maximum absolute atomic E-state index is 12.9. The molecule has 7 nitrogen and oxygen atoms in total. The number of nitrogens with zero attached hydrogens (tertiary/aromatic N) is 6. The average molecular weight is 421 g/mol. The van der Waals surface area contributed by atoms with Crippen LogP contribution in [0.2, 0.25) is 0 Å². The molecule has 0 saturated carbocycles. The van der Waals surface area contributed by atoms with Gasteiger partial charge in [-0.15, -0.1) is 10.2 Å². The number of carbonyl (C=O) groups is 1. The van der Waals surface area contributed by atoms with Gasteiger partial charge >= 0.3 is 0 Å². The molecule has 2 aromatic heterocycles. The van der Waals surface area contributed by atoms with Crippen molar-refractivity contribution in [3.8, 4) is 11.9 Å². The fourth-order valence-corrected chi connectivity index (χ4v) is 3.72. The van der Waals surface area contributed by atoms with Crippen molar-refractivity contribution >= 4 is 23.4 Å². The monoisotopic (exact) mass is 420 g/mol. The van der Waals surface area contributed by atoms with E-state index in [0.717, 1.165) is 22.6 Å². The van der Waals surface area contributed by atoms with Crippen LogP contribution in [0.3, 0.4) is 0 Å². The number of hydrogen-bond donors (Lipinski definition) is 0. The van der Waals surface area contributed by atoms with Crippen LogP contribution in [0.25, 0.3) is 5.82 Å². The highest BCUT2D eigenvalue weighted by Crippen LogP contribution is 2.22. The Hall–Kier alpha value is -3.18. The lowest BCUT2D eigenvalue weighted by molar-refractivity contribution is -0.116. The van der Waals surface area contributed by atoms with Gasteiger partial charge in [0.15, 0.2) is 5.82 Å². The summed E-state index contributed by atoms with van der Waals surface area (Å²) in [6.45, 7) is 8.30. The Labute approximate surface area is 180 Å². The molecule has 1 aromatic carbocycles. The summed E-state index contributed by atoms with van der Waals surface area (Å²) in [6.07, 6.45) is 0.278. The lowest BCUT2D eigenvalue weighted by Crippen LogP contribution is -2.33. The van der Waals surface area contributed by atoms with Crippen LogP contribution >= 0.6 is 11.8 Å². The van der Waals surface area contributed by atoms with E-state index < -0.39 is 0 Å².